The highest BCUT2D eigenvalue weighted by Gasteiger charge is 2.41. The van der Waals surface area contributed by atoms with Gasteiger partial charge in [-0.1, -0.05) is 58.3 Å². The zero-order chi connectivity index (χ0) is 15.6. The van der Waals surface area contributed by atoms with E-state index in [4.69, 9.17) is 0 Å². The predicted octanol–water partition coefficient (Wildman–Crippen LogP) is 3.75. The Labute approximate surface area is 129 Å². The molecule has 0 fully saturated rings. The topological polar surface area (TPSA) is 9.72 Å². The molecular formula is C16H39N3Si. The Bertz CT molecular complexity index is 208. The van der Waals surface area contributed by atoms with Crippen LogP contribution in [0.25, 0.3) is 0 Å². The van der Waals surface area contributed by atoms with Gasteiger partial charge in [0.2, 0.25) is 0 Å². The summed E-state index contributed by atoms with van der Waals surface area (Å²) in [6.45, 7) is 2.29. The smallest absolute Gasteiger partial charge is 0.288 e. The molecule has 20 heavy (non-hydrogen) atoms. The average molecular weight is 302 g/mol. The molecule has 0 atom stereocenters. The molecule has 0 heterocycles. The Hall–Kier alpha value is 0.0969. The molecule has 0 aromatic carbocycles. The van der Waals surface area contributed by atoms with Gasteiger partial charge in [-0.05, 0) is 48.3 Å². The van der Waals surface area contributed by atoms with Crippen LogP contribution in [0, 0.1) is 0 Å². The minimum atomic E-state index is -1.61. The minimum Gasteiger partial charge on any atom is -0.305 e. The van der Waals surface area contributed by atoms with Crippen LogP contribution in [0.4, 0.5) is 0 Å². The summed E-state index contributed by atoms with van der Waals surface area (Å²) in [5.41, 5.74) is 0. The average Bonchev–Trinajstić information content (AvgIpc) is 2.35. The molecule has 0 N–H and O–H groups in total. The third kappa shape index (κ3) is 6.25. The van der Waals surface area contributed by atoms with Gasteiger partial charge in [-0.2, -0.15) is 0 Å². The Morgan fingerprint density at radius 1 is 0.550 bits per heavy atom. The molecule has 0 saturated heterocycles. The zero-order valence-corrected chi connectivity index (χ0v) is 16.2. The van der Waals surface area contributed by atoms with Crippen molar-refractivity contribution in [2.45, 2.75) is 64.3 Å². The molecule has 0 aliphatic rings. The molecule has 0 amide bonds. The van der Waals surface area contributed by atoms with E-state index in [1.807, 2.05) is 0 Å². The van der Waals surface area contributed by atoms with Gasteiger partial charge in [0.15, 0.2) is 0 Å². The molecule has 0 aliphatic heterocycles. The van der Waals surface area contributed by atoms with Gasteiger partial charge in [0.25, 0.3) is 8.56 Å². The Morgan fingerprint density at radius 2 is 0.900 bits per heavy atom. The van der Waals surface area contributed by atoms with Gasteiger partial charge >= 0.3 is 0 Å². The van der Waals surface area contributed by atoms with Crippen LogP contribution < -0.4 is 0 Å². The fourth-order valence-corrected chi connectivity index (χ4v) is 7.83. The van der Waals surface area contributed by atoms with Crippen molar-refractivity contribution >= 4 is 8.56 Å². The van der Waals surface area contributed by atoms with Crippen LogP contribution >= 0.6 is 0 Å². The summed E-state index contributed by atoms with van der Waals surface area (Å²) in [5, 5.41) is 0. The van der Waals surface area contributed by atoms with Crippen LogP contribution in [0.1, 0.15) is 58.3 Å². The van der Waals surface area contributed by atoms with Crippen molar-refractivity contribution in [1.29, 1.82) is 0 Å². The highest BCUT2D eigenvalue weighted by atomic mass is 28.4. The Balaban J connectivity index is 4.04. The first kappa shape index (κ1) is 20.1. The van der Waals surface area contributed by atoms with E-state index in [-0.39, 0.29) is 0 Å². The lowest BCUT2D eigenvalue weighted by Gasteiger charge is -2.46. The summed E-state index contributed by atoms with van der Waals surface area (Å²) >= 11 is 0. The van der Waals surface area contributed by atoms with Crippen molar-refractivity contribution in [3.8, 4) is 0 Å². The maximum atomic E-state index is 2.48. The highest BCUT2D eigenvalue weighted by molar-refractivity contribution is 6.71. The number of nitrogens with zero attached hydrogens (tertiary/aromatic N) is 3. The second-order valence-electron chi connectivity index (χ2n) is 6.68. The van der Waals surface area contributed by atoms with E-state index in [2.05, 4.69) is 62.9 Å². The number of unbranched alkanes of at least 4 members (excludes halogenated alkanes) is 7. The number of rotatable bonds is 12. The van der Waals surface area contributed by atoms with Crippen molar-refractivity contribution in [2.24, 2.45) is 0 Å². The largest absolute Gasteiger partial charge is 0.305 e. The van der Waals surface area contributed by atoms with Gasteiger partial charge in [0.1, 0.15) is 0 Å². The monoisotopic (exact) mass is 301 g/mol. The van der Waals surface area contributed by atoms with Gasteiger partial charge < -0.3 is 13.7 Å². The summed E-state index contributed by atoms with van der Waals surface area (Å²) in [6.07, 6.45) is 11.3. The molecule has 0 radical (unpaired) electrons. The molecule has 4 heteroatoms. The standard InChI is InChI=1S/C16H39N3Si/c1-8-9-10-11-12-13-14-15-16-20(17(2)3,18(4)5)19(6)7/h8-16H2,1-7H3. The van der Waals surface area contributed by atoms with Gasteiger partial charge in [0, 0.05) is 0 Å². The van der Waals surface area contributed by atoms with E-state index >= 15 is 0 Å². The normalized spacial score (nSPS) is 12.9. The summed E-state index contributed by atoms with van der Waals surface area (Å²) in [4.78, 5) is 0. The first-order valence-electron chi connectivity index (χ1n) is 8.41. The van der Waals surface area contributed by atoms with E-state index < -0.39 is 8.56 Å². The van der Waals surface area contributed by atoms with Crippen molar-refractivity contribution in [3.63, 3.8) is 0 Å². The minimum absolute atomic E-state index is 1.34. The van der Waals surface area contributed by atoms with Gasteiger partial charge in [0.05, 0.1) is 0 Å². The number of hydrogen-bond donors (Lipinski definition) is 0. The van der Waals surface area contributed by atoms with E-state index in [1.54, 1.807) is 0 Å². The maximum absolute atomic E-state index is 2.48. The van der Waals surface area contributed by atoms with E-state index in [0.29, 0.717) is 0 Å². The van der Waals surface area contributed by atoms with Crippen LogP contribution in [0.3, 0.4) is 0 Å². The molecule has 0 rings (SSSR count). The fraction of sp³-hybridized carbons (Fsp3) is 1.00. The van der Waals surface area contributed by atoms with Crippen LogP contribution in [0.2, 0.25) is 6.04 Å². The van der Waals surface area contributed by atoms with Crippen LogP contribution in [0.15, 0.2) is 0 Å². The van der Waals surface area contributed by atoms with Crippen molar-refractivity contribution in [1.82, 2.24) is 13.7 Å². The van der Waals surface area contributed by atoms with Gasteiger partial charge in [-0.15, -0.1) is 0 Å². The molecule has 0 aromatic rings. The summed E-state index contributed by atoms with van der Waals surface area (Å²) in [5.74, 6) is 0. The summed E-state index contributed by atoms with van der Waals surface area (Å²) < 4.78 is 7.44. The molecule has 3 nitrogen and oxygen atoms in total. The molecule has 0 bridgehead atoms. The van der Waals surface area contributed by atoms with E-state index in [0.717, 1.165) is 0 Å². The molecule has 0 saturated carbocycles. The molecule has 0 spiro atoms. The second kappa shape index (κ2) is 10.8. The SMILES string of the molecule is CCCCCCCCCC[Si](N(C)C)(N(C)C)N(C)C. The first-order valence-corrected chi connectivity index (χ1v) is 10.5. The predicted molar refractivity (Wildman–Crippen MR) is 94.2 cm³/mol. The van der Waals surface area contributed by atoms with E-state index in [1.165, 1.54) is 57.4 Å². The summed E-state index contributed by atoms with van der Waals surface area (Å²) in [6, 6.07) is 1.34. The lowest BCUT2D eigenvalue weighted by molar-refractivity contribution is 0.372. The third-order valence-electron chi connectivity index (χ3n) is 4.51. The Morgan fingerprint density at radius 3 is 1.25 bits per heavy atom. The Kier molecular flexibility index (Phi) is 10.8. The number of hydrogen-bond acceptors (Lipinski definition) is 3. The maximum Gasteiger partial charge on any atom is 0.288 e. The van der Waals surface area contributed by atoms with Gasteiger partial charge in [-0.25, -0.2) is 0 Å². The lowest BCUT2D eigenvalue weighted by Crippen LogP contribution is -2.69. The van der Waals surface area contributed by atoms with Crippen LogP contribution in [-0.4, -0.2) is 64.5 Å². The lowest BCUT2D eigenvalue weighted by atomic mass is 10.1. The van der Waals surface area contributed by atoms with Crippen LogP contribution in [0.5, 0.6) is 0 Å². The van der Waals surface area contributed by atoms with Crippen LogP contribution in [-0.2, 0) is 0 Å². The fourth-order valence-electron chi connectivity index (χ4n) is 3.37. The zero-order valence-electron chi connectivity index (χ0n) is 15.2. The molecule has 0 aliphatic carbocycles. The van der Waals surface area contributed by atoms with Gasteiger partial charge in [-0.3, -0.25) is 0 Å². The molecule has 0 aromatic heterocycles. The molecular weight excluding hydrogens is 262 g/mol. The second-order valence-corrected chi connectivity index (χ2v) is 11.4. The van der Waals surface area contributed by atoms with Crippen molar-refractivity contribution in [2.75, 3.05) is 42.3 Å². The quantitative estimate of drug-likeness (QED) is 0.401. The van der Waals surface area contributed by atoms with Crippen molar-refractivity contribution in [3.05, 3.63) is 0 Å². The third-order valence-corrected chi connectivity index (χ3v) is 9.84. The molecule has 122 valence electrons. The molecule has 0 unspecified atom stereocenters. The first-order chi connectivity index (χ1) is 9.39. The summed E-state index contributed by atoms with van der Waals surface area (Å²) in [7, 11) is 11.9. The van der Waals surface area contributed by atoms with E-state index in [9.17, 15) is 0 Å². The highest BCUT2D eigenvalue weighted by Crippen LogP contribution is 2.22. The van der Waals surface area contributed by atoms with Crippen molar-refractivity contribution < 1.29 is 0 Å².